The van der Waals surface area contributed by atoms with Crippen molar-refractivity contribution in [1.29, 1.82) is 0 Å². The summed E-state index contributed by atoms with van der Waals surface area (Å²) in [6.07, 6.45) is 1.76. The molecule has 0 aliphatic rings. The molecule has 0 aliphatic heterocycles. The van der Waals surface area contributed by atoms with E-state index in [1.54, 1.807) is 12.1 Å². The molecule has 0 heterocycles. The van der Waals surface area contributed by atoms with Gasteiger partial charge in [0.05, 0.1) is 12.5 Å². The van der Waals surface area contributed by atoms with Crippen LogP contribution >= 0.6 is 11.6 Å². The lowest BCUT2D eigenvalue weighted by Gasteiger charge is -2.25. The van der Waals surface area contributed by atoms with Crippen LogP contribution in [-0.4, -0.2) is 24.7 Å². The van der Waals surface area contributed by atoms with Crippen LogP contribution < -0.4 is 0 Å². The van der Waals surface area contributed by atoms with E-state index in [1.165, 1.54) is 7.11 Å². The Morgan fingerprint density at radius 2 is 1.85 bits per heavy atom. The van der Waals surface area contributed by atoms with Crippen molar-refractivity contribution >= 4 is 23.4 Å². The van der Waals surface area contributed by atoms with Gasteiger partial charge in [-0.05, 0) is 25.3 Å². The number of halogens is 1. The van der Waals surface area contributed by atoms with Crippen LogP contribution in [0.5, 0.6) is 0 Å². The summed E-state index contributed by atoms with van der Waals surface area (Å²) in [5, 5.41) is 0. The number of carbonyl (C=O) groups excluding carboxylic acids is 2. The highest BCUT2D eigenvalue weighted by Crippen LogP contribution is 2.29. The number of hydrogen-bond donors (Lipinski definition) is 0. The lowest BCUT2D eigenvalue weighted by atomic mass is 9.79. The number of esters is 1. The highest BCUT2D eigenvalue weighted by atomic mass is 35.5. The van der Waals surface area contributed by atoms with E-state index in [0.717, 1.165) is 5.56 Å². The average molecular weight is 297 g/mol. The predicted octanol–water partition coefficient (Wildman–Crippen LogP) is 3.73. The Hall–Kier alpha value is -1.35. The molecule has 0 radical (unpaired) electrons. The smallest absolute Gasteiger partial charge is 0.315 e. The number of rotatable bonds is 7. The van der Waals surface area contributed by atoms with Crippen LogP contribution in [0.15, 0.2) is 24.3 Å². The Kier molecular flexibility index (Phi) is 6.21. The summed E-state index contributed by atoms with van der Waals surface area (Å²) >= 11 is 5.58. The van der Waals surface area contributed by atoms with Crippen LogP contribution in [0.2, 0.25) is 0 Å². The molecule has 1 aromatic rings. The lowest BCUT2D eigenvalue weighted by molar-refractivity contribution is -0.147. The topological polar surface area (TPSA) is 43.4 Å². The number of hydrogen-bond acceptors (Lipinski definition) is 3. The minimum Gasteiger partial charge on any atom is -0.468 e. The van der Waals surface area contributed by atoms with Crippen molar-refractivity contribution in [2.75, 3.05) is 13.0 Å². The molecule has 0 N–H and O–H groups in total. The van der Waals surface area contributed by atoms with Crippen LogP contribution in [0.1, 0.15) is 49.0 Å². The van der Waals surface area contributed by atoms with Crippen molar-refractivity contribution in [3.05, 3.63) is 35.4 Å². The Balaban J connectivity index is 2.95. The zero-order valence-electron chi connectivity index (χ0n) is 12.2. The Morgan fingerprint density at radius 3 is 2.30 bits per heavy atom. The molecular weight excluding hydrogens is 276 g/mol. The van der Waals surface area contributed by atoms with Gasteiger partial charge >= 0.3 is 5.97 Å². The van der Waals surface area contributed by atoms with Crippen LogP contribution in [0.3, 0.4) is 0 Å². The van der Waals surface area contributed by atoms with Crippen molar-refractivity contribution in [2.24, 2.45) is 0 Å². The van der Waals surface area contributed by atoms with Gasteiger partial charge in [-0.1, -0.05) is 31.2 Å². The second kappa shape index (κ2) is 7.44. The molecule has 4 heteroatoms. The van der Waals surface area contributed by atoms with E-state index in [9.17, 15) is 9.59 Å². The van der Waals surface area contributed by atoms with Crippen LogP contribution in [0.4, 0.5) is 0 Å². The van der Waals surface area contributed by atoms with Crippen molar-refractivity contribution in [3.8, 4) is 0 Å². The first kappa shape index (κ1) is 16.7. The van der Waals surface area contributed by atoms with Gasteiger partial charge in [0.2, 0.25) is 0 Å². The second-order valence-electron chi connectivity index (χ2n) is 4.97. The van der Waals surface area contributed by atoms with E-state index in [2.05, 4.69) is 0 Å². The summed E-state index contributed by atoms with van der Waals surface area (Å²) in [6.45, 7) is 3.79. The molecular formula is C16H21ClO3. The fourth-order valence-electron chi connectivity index (χ4n) is 2.09. The summed E-state index contributed by atoms with van der Waals surface area (Å²) in [5.74, 6) is 0.301. The van der Waals surface area contributed by atoms with Crippen molar-refractivity contribution in [2.45, 2.75) is 38.5 Å². The molecule has 1 aromatic carbocycles. The molecule has 0 amide bonds. The number of carbonyl (C=O) groups is 2. The monoisotopic (exact) mass is 296 g/mol. The third-order valence-corrected chi connectivity index (χ3v) is 3.99. The minimum atomic E-state index is -0.674. The number of benzene rings is 1. The third kappa shape index (κ3) is 3.60. The molecule has 1 atom stereocenters. The van der Waals surface area contributed by atoms with E-state index < -0.39 is 5.41 Å². The Bertz CT molecular complexity index is 467. The summed E-state index contributed by atoms with van der Waals surface area (Å²) in [7, 11) is 1.39. The van der Waals surface area contributed by atoms with Crippen molar-refractivity contribution in [3.63, 3.8) is 0 Å². The SMILES string of the molecule is CCC(C)(C(=O)OC)c1ccc(C(=O)CCCCl)cc1. The molecule has 1 unspecified atom stereocenters. The highest BCUT2D eigenvalue weighted by molar-refractivity contribution is 6.18. The first-order chi connectivity index (χ1) is 9.49. The Morgan fingerprint density at radius 1 is 1.25 bits per heavy atom. The molecule has 0 fully saturated rings. The summed E-state index contributed by atoms with van der Waals surface area (Å²) < 4.78 is 4.87. The molecule has 0 spiro atoms. The minimum absolute atomic E-state index is 0.0773. The first-order valence-corrected chi connectivity index (χ1v) is 7.31. The number of ether oxygens (including phenoxy) is 1. The zero-order valence-corrected chi connectivity index (χ0v) is 13.0. The molecule has 0 bridgehead atoms. The molecule has 0 aromatic heterocycles. The quantitative estimate of drug-likeness (QED) is 0.437. The molecule has 0 saturated carbocycles. The van der Waals surface area contributed by atoms with E-state index in [-0.39, 0.29) is 11.8 Å². The number of alkyl halides is 1. The van der Waals surface area contributed by atoms with Crippen molar-refractivity contribution < 1.29 is 14.3 Å². The number of methoxy groups -OCH3 is 1. The fraction of sp³-hybridized carbons (Fsp3) is 0.500. The van der Waals surface area contributed by atoms with Crippen LogP contribution in [-0.2, 0) is 14.9 Å². The molecule has 20 heavy (non-hydrogen) atoms. The first-order valence-electron chi connectivity index (χ1n) is 6.77. The normalized spacial score (nSPS) is 13.6. The predicted molar refractivity (Wildman–Crippen MR) is 80.4 cm³/mol. The highest BCUT2D eigenvalue weighted by Gasteiger charge is 2.34. The van der Waals surface area contributed by atoms with E-state index in [4.69, 9.17) is 16.3 Å². The maximum absolute atomic E-state index is 11.9. The third-order valence-electron chi connectivity index (χ3n) is 3.72. The largest absolute Gasteiger partial charge is 0.468 e. The van der Waals surface area contributed by atoms with Gasteiger partial charge in [-0.3, -0.25) is 9.59 Å². The van der Waals surface area contributed by atoms with Gasteiger partial charge in [0, 0.05) is 17.9 Å². The van der Waals surface area contributed by atoms with Gasteiger partial charge < -0.3 is 4.74 Å². The van der Waals surface area contributed by atoms with Gasteiger partial charge in [0.1, 0.15) is 0 Å². The standard InChI is InChI=1S/C16H21ClO3/c1-4-16(2,15(19)20-3)13-9-7-12(8-10-13)14(18)6-5-11-17/h7-10H,4-6,11H2,1-3H3. The van der Waals surface area contributed by atoms with E-state index in [0.29, 0.717) is 30.7 Å². The molecule has 1 rings (SSSR count). The van der Waals surface area contributed by atoms with Gasteiger partial charge in [-0.2, -0.15) is 0 Å². The van der Waals surface area contributed by atoms with Gasteiger partial charge in [0.25, 0.3) is 0 Å². The Labute approximate surface area is 125 Å². The van der Waals surface area contributed by atoms with E-state index >= 15 is 0 Å². The molecule has 0 aliphatic carbocycles. The summed E-state index contributed by atoms with van der Waals surface area (Å²) in [5.41, 5.74) is 0.842. The van der Waals surface area contributed by atoms with Crippen LogP contribution in [0, 0.1) is 0 Å². The maximum atomic E-state index is 11.9. The average Bonchev–Trinajstić information content (AvgIpc) is 2.51. The van der Waals surface area contributed by atoms with Crippen molar-refractivity contribution in [1.82, 2.24) is 0 Å². The van der Waals surface area contributed by atoms with Gasteiger partial charge in [0.15, 0.2) is 5.78 Å². The lowest BCUT2D eigenvalue weighted by Crippen LogP contribution is -2.33. The summed E-state index contributed by atoms with van der Waals surface area (Å²) in [4.78, 5) is 23.8. The zero-order chi connectivity index (χ0) is 15.2. The molecule has 3 nitrogen and oxygen atoms in total. The van der Waals surface area contributed by atoms with E-state index in [1.807, 2.05) is 26.0 Å². The number of Topliss-reactive ketones (excluding diaryl/α,β-unsaturated/α-hetero) is 1. The molecule has 110 valence electrons. The second-order valence-corrected chi connectivity index (χ2v) is 5.35. The maximum Gasteiger partial charge on any atom is 0.315 e. The van der Waals surface area contributed by atoms with Crippen LogP contribution in [0.25, 0.3) is 0 Å². The fourth-order valence-corrected chi connectivity index (χ4v) is 2.22. The van der Waals surface area contributed by atoms with Gasteiger partial charge in [-0.25, -0.2) is 0 Å². The van der Waals surface area contributed by atoms with Gasteiger partial charge in [-0.15, -0.1) is 11.6 Å². The molecule has 0 saturated heterocycles. The summed E-state index contributed by atoms with van der Waals surface area (Å²) in [6, 6.07) is 7.19. The number of ketones is 1.